The Hall–Kier alpha value is -3.91. The highest BCUT2D eigenvalue weighted by Gasteiger charge is 2.15. The van der Waals surface area contributed by atoms with E-state index in [1.54, 1.807) is 48.5 Å². The molecule has 30 heavy (non-hydrogen) atoms. The molecule has 3 aromatic rings. The van der Waals surface area contributed by atoms with Gasteiger partial charge in [-0.3, -0.25) is 9.59 Å². The first kappa shape index (κ1) is 19.4. The zero-order valence-corrected chi connectivity index (χ0v) is 16.5. The van der Waals surface area contributed by atoms with E-state index in [1.165, 1.54) is 17.6 Å². The molecule has 0 saturated heterocycles. The van der Waals surface area contributed by atoms with Crippen LogP contribution in [0.15, 0.2) is 76.8 Å². The molecule has 8 heteroatoms. The first-order valence-corrected chi connectivity index (χ1v) is 9.92. The third-order valence-electron chi connectivity index (χ3n) is 4.13. The molecule has 0 atom stereocenters. The van der Waals surface area contributed by atoms with Crippen LogP contribution in [0.1, 0.15) is 20.8 Å². The van der Waals surface area contributed by atoms with Crippen LogP contribution in [0.25, 0.3) is 6.08 Å². The van der Waals surface area contributed by atoms with Crippen LogP contribution in [0.3, 0.4) is 0 Å². The van der Waals surface area contributed by atoms with Gasteiger partial charge >= 0.3 is 0 Å². The summed E-state index contributed by atoms with van der Waals surface area (Å²) in [5, 5.41) is 8.54. The molecule has 0 radical (unpaired) electrons. The van der Waals surface area contributed by atoms with Gasteiger partial charge in [0.15, 0.2) is 11.5 Å². The molecule has 2 N–H and O–H groups in total. The molecular weight excluding hydrogens is 402 g/mol. The van der Waals surface area contributed by atoms with Crippen molar-refractivity contribution in [1.82, 2.24) is 10.7 Å². The van der Waals surface area contributed by atoms with Gasteiger partial charge in [0.2, 0.25) is 6.79 Å². The molecule has 1 aliphatic rings. The van der Waals surface area contributed by atoms with E-state index < -0.39 is 5.91 Å². The van der Waals surface area contributed by atoms with Gasteiger partial charge in [-0.15, -0.1) is 11.3 Å². The molecule has 2 amide bonds. The number of amides is 2. The average molecular weight is 419 g/mol. The smallest absolute Gasteiger partial charge is 0.287 e. The second-order valence-corrected chi connectivity index (χ2v) is 7.18. The normalized spacial score (nSPS) is 12.7. The van der Waals surface area contributed by atoms with Crippen molar-refractivity contribution in [1.29, 1.82) is 0 Å². The van der Waals surface area contributed by atoms with Crippen LogP contribution in [0.5, 0.6) is 11.5 Å². The number of fused-ring (bicyclic) bond motifs is 1. The number of nitrogens with zero attached hydrogens (tertiary/aromatic N) is 1. The zero-order valence-electron chi connectivity index (χ0n) is 15.7. The summed E-state index contributed by atoms with van der Waals surface area (Å²) in [5.41, 5.74) is 3.72. The zero-order chi connectivity index (χ0) is 20.8. The summed E-state index contributed by atoms with van der Waals surface area (Å²) < 4.78 is 10.6. The Morgan fingerprint density at radius 1 is 1.00 bits per heavy atom. The van der Waals surface area contributed by atoms with E-state index in [2.05, 4.69) is 15.8 Å². The molecule has 1 aliphatic heterocycles. The topological polar surface area (TPSA) is 89.0 Å². The van der Waals surface area contributed by atoms with Crippen molar-refractivity contribution in [2.75, 3.05) is 6.79 Å². The quantitative estimate of drug-likeness (QED) is 0.364. The Morgan fingerprint density at radius 3 is 2.63 bits per heavy atom. The van der Waals surface area contributed by atoms with Crippen molar-refractivity contribution in [3.8, 4) is 11.5 Å². The first-order valence-electron chi connectivity index (χ1n) is 9.04. The Kier molecular flexibility index (Phi) is 5.86. The number of carbonyl (C=O) groups excluding carboxylic acids is 2. The maximum absolute atomic E-state index is 12.7. The molecule has 0 aliphatic carbocycles. The predicted octanol–water partition coefficient (Wildman–Crippen LogP) is 3.40. The van der Waals surface area contributed by atoms with E-state index >= 15 is 0 Å². The van der Waals surface area contributed by atoms with Crippen molar-refractivity contribution in [3.63, 3.8) is 0 Å². The van der Waals surface area contributed by atoms with Gasteiger partial charge in [-0.25, -0.2) is 5.43 Å². The number of ether oxygens (including phenoxy) is 2. The molecule has 2 heterocycles. The monoisotopic (exact) mass is 419 g/mol. The van der Waals surface area contributed by atoms with Crippen molar-refractivity contribution in [2.45, 2.75) is 0 Å². The van der Waals surface area contributed by atoms with Gasteiger partial charge in [0.05, 0.1) is 6.21 Å². The lowest BCUT2D eigenvalue weighted by Crippen LogP contribution is -2.32. The number of carbonyl (C=O) groups is 2. The summed E-state index contributed by atoms with van der Waals surface area (Å²) in [6, 6.07) is 17.7. The highest BCUT2D eigenvalue weighted by atomic mass is 32.1. The Morgan fingerprint density at radius 2 is 1.83 bits per heavy atom. The minimum atomic E-state index is -0.537. The lowest BCUT2D eigenvalue weighted by molar-refractivity contribution is -0.117. The fraction of sp³-hybridized carbons (Fsp3) is 0.0455. The highest BCUT2D eigenvalue weighted by molar-refractivity contribution is 7.10. The van der Waals surface area contributed by atoms with E-state index in [4.69, 9.17) is 9.47 Å². The number of thiophene rings is 1. The summed E-state index contributed by atoms with van der Waals surface area (Å²) >= 11 is 1.45. The van der Waals surface area contributed by atoms with Gasteiger partial charge < -0.3 is 14.8 Å². The van der Waals surface area contributed by atoms with Gasteiger partial charge in [-0.2, -0.15) is 5.10 Å². The van der Waals surface area contributed by atoms with E-state index in [-0.39, 0.29) is 18.4 Å². The molecule has 0 saturated carbocycles. The molecule has 1 aromatic heterocycles. The van der Waals surface area contributed by atoms with Gasteiger partial charge in [0.25, 0.3) is 11.8 Å². The van der Waals surface area contributed by atoms with Gasteiger partial charge in [0.1, 0.15) is 5.70 Å². The van der Waals surface area contributed by atoms with Gasteiger partial charge in [-0.05, 0) is 53.4 Å². The van der Waals surface area contributed by atoms with Gasteiger partial charge in [0, 0.05) is 10.4 Å². The SMILES string of the molecule is O=C(NN=Cc1ccc2c(c1)OCO2)C(=Cc1cccs1)NC(=O)c1ccccc1. The number of benzene rings is 2. The van der Waals surface area contributed by atoms with Crippen molar-refractivity contribution < 1.29 is 19.1 Å². The summed E-state index contributed by atoms with van der Waals surface area (Å²) in [6.45, 7) is 0.185. The van der Waals surface area contributed by atoms with Crippen LogP contribution in [0, 0.1) is 0 Å². The number of rotatable bonds is 6. The second-order valence-electron chi connectivity index (χ2n) is 6.21. The predicted molar refractivity (Wildman–Crippen MR) is 115 cm³/mol. The molecule has 4 rings (SSSR count). The summed E-state index contributed by atoms with van der Waals surface area (Å²) in [4.78, 5) is 26.0. The molecule has 150 valence electrons. The van der Waals surface area contributed by atoms with Crippen LogP contribution < -0.4 is 20.2 Å². The van der Waals surface area contributed by atoms with Gasteiger partial charge in [-0.1, -0.05) is 24.3 Å². The number of nitrogens with one attached hydrogen (secondary N) is 2. The summed E-state index contributed by atoms with van der Waals surface area (Å²) in [5.74, 6) is 0.373. The van der Waals surface area contributed by atoms with Crippen LogP contribution in [0.2, 0.25) is 0 Å². The standard InChI is InChI=1S/C22H17N3O4S/c26-21(16-5-2-1-3-6-16)24-18(12-17-7-4-10-30-17)22(27)25-23-13-15-8-9-19-20(11-15)29-14-28-19/h1-13H,14H2,(H,24,26)(H,25,27). The minimum Gasteiger partial charge on any atom is -0.454 e. The fourth-order valence-electron chi connectivity index (χ4n) is 2.68. The summed E-state index contributed by atoms with van der Waals surface area (Å²) in [6.07, 6.45) is 3.10. The number of hydrogen-bond donors (Lipinski definition) is 2. The number of hydrazone groups is 1. The minimum absolute atomic E-state index is 0.0918. The Balaban J connectivity index is 1.47. The van der Waals surface area contributed by atoms with Crippen molar-refractivity contribution in [3.05, 3.63) is 87.7 Å². The Labute approximate surface area is 176 Å². The maximum atomic E-state index is 12.7. The van der Waals surface area contributed by atoms with E-state index in [1.807, 2.05) is 23.6 Å². The average Bonchev–Trinajstić information content (AvgIpc) is 3.45. The molecular formula is C22H17N3O4S. The maximum Gasteiger partial charge on any atom is 0.287 e. The molecule has 7 nitrogen and oxygen atoms in total. The molecule has 0 fully saturated rings. The first-order chi connectivity index (χ1) is 14.7. The van der Waals surface area contributed by atoms with Crippen LogP contribution in [-0.2, 0) is 4.79 Å². The fourth-order valence-corrected chi connectivity index (χ4v) is 3.33. The largest absolute Gasteiger partial charge is 0.454 e. The third-order valence-corrected chi connectivity index (χ3v) is 4.95. The van der Waals surface area contributed by atoms with Crippen LogP contribution in [0.4, 0.5) is 0 Å². The van der Waals surface area contributed by atoms with Crippen LogP contribution >= 0.6 is 11.3 Å². The lowest BCUT2D eigenvalue weighted by atomic mass is 10.2. The summed E-state index contributed by atoms with van der Waals surface area (Å²) in [7, 11) is 0. The molecule has 0 bridgehead atoms. The van der Waals surface area contributed by atoms with E-state index in [9.17, 15) is 9.59 Å². The Bertz CT molecular complexity index is 1110. The highest BCUT2D eigenvalue weighted by Crippen LogP contribution is 2.31. The second kappa shape index (κ2) is 9.06. The molecule has 0 unspecified atom stereocenters. The lowest BCUT2D eigenvalue weighted by Gasteiger charge is -2.08. The van der Waals surface area contributed by atoms with Crippen molar-refractivity contribution >= 4 is 35.4 Å². The third kappa shape index (κ3) is 4.73. The van der Waals surface area contributed by atoms with Crippen molar-refractivity contribution in [2.24, 2.45) is 5.10 Å². The van der Waals surface area contributed by atoms with Crippen LogP contribution in [-0.4, -0.2) is 24.8 Å². The molecule has 0 spiro atoms. The van der Waals surface area contributed by atoms with E-state index in [0.717, 1.165) is 10.4 Å². The number of hydrogen-bond acceptors (Lipinski definition) is 6. The van der Waals surface area contributed by atoms with E-state index in [0.29, 0.717) is 17.1 Å². The molecule has 2 aromatic carbocycles.